The van der Waals surface area contributed by atoms with Gasteiger partial charge in [0.15, 0.2) is 0 Å². The van der Waals surface area contributed by atoms with E-state index in [0.717, 1.165) is 0 Å². The van der Waals surface area contributed by atoms with Gasteiger partial charge in [-0.05, 0) is 11.4 Å². The molecule has 18 heavy (non-hydrogen) atoms. The van der Waals surface area contributed by atoms with E-state index in [4.69, 9.17) is 9.84 Å². The van der Waals surface area contributed by atoms with E-state index in [1.165, 1.54) is 23.3 Å². The van der Waals surface area contributed by atoms with Crippen LogP contribution >= 0.6 is 11.3 Å². The number of β-amino-alcohol motifs (C(OH)–C–C–N with tert-alkyl or cyclic N) is 1. The lowest BCUT2D eigenvalue weighted by atomic mass is 10.2. The zero-order valence-corrected chi connectivity index (χ0v) is 10.5. The van der Waals surface area contributed by atoms with Gasteiger partial charge in [0.1, 0.15) is 16.7 Å². The van der Waals surface area contributed by atoms with Gasteiger partial charge < -0.3 is 19.8 Å². The molecule has 0 bridgehead atoms. The third-order valence-electron chi connectivity index (χ3n) is 2.87. The molecule has 0 saturated carbocycles. The van der Waals surface area contributed by atoms with Gasteiger partial charge >= 0.3 is 5.97 Å². The van der Waals surface area contributed by atoms with Crippen LogP contribution in [-0.2, 0) is 4.79 Å². The molecule has 1 aromatic heterocycles. The van der Waals surface area contributed by atoms with E-state index in [1.807, 2.05) is 0 Å². The summed E-state index contributed by atoms with van der Waals surface area (Å²) in [7, 11) is 1.45. The number of hydrogen-bond donors (Lipinski definition) is 2. The van der Waals surface area contributed by atoms with Crippen molar-refractivity contribution in [3.8, 4) is 5.75 Å². The maximum atomic E-state index is 12.2. The molecular formula is C11H13NO5S. The maximum Gasteiger partial charge on any atom is 0.326 e. The summed E-state index contributed by atoms with van der Waals surface area (Å²) in [4.78, 5) is 24.8. The summed E-state index contributed by atoms with van der Waals surface area (Å²) in [6, 6.07) is 0.680. The van der Waals surface area contributed by atoms with E-state index in [0.29, 0.717) is 10.6 Å². The summed E-state index contributed by atoms with van der Waals surface area (Å²) in [6.07, 6.45) is -0.726. The van der Waals surface area contributed by atoms with Crippen molar-refractivity contribution in [1.82, 2.24) is 4.90 Å². The molecule has 0 aliphatic carbocycles. The molecule has 1 aliphatic rings. The lowest BCUT2D eigenvalue weighted by Crippen LogP contribution is -2.40. The van der Waals surface area contributed by atoms with Gasteiger partial charge in [-0.3, -0.25) is 4.79 Å². The average Bonchev–Trinajstić information content (AvgIpc) is 2.93. The van der Waals surface area contributed by atoms with Crippen LogP contribution in [0.5, 0.6) is 5.75 Å². The second-order valence-electron chi connectivity index (χ2n) is 4.02. The highest BCUT2D eigenvalue weighted by atomic mass is 32.1. The molecule has 2 atom stereocenters. The Morgan fingerprint density at radius 1 is 1.56 bits per heavy atom. The van der Waals surface area contributed by atoms with Gasteiger partial charge in [-0.1, -0.05) is 0 Å². The molecule has 2 heterocycles. The minimum atomic E-state index is -1.10. The van der Waals surface area contributed by atoms with Crippen LogP contribution in [0.2, 0.25) is 0 Å². The van der Waals surface area contributed by atoms with E-state index in [9.17, 15) is 14.7 Å². The Balaban J connectivity index is 2.25. The quantitative estimate of drug-likeness (QED) is 0.831. The number of methoxy groups -OCH3 is 1. The molecular weight excluding hydrogens is 258 g/mol. The van der Waals surface area contributed by atoms with Gasteiger partial charge in [0.2, 0.25) is 0 Å². The lowest BCUT2D eigenvalue weighted by molar-refractivity contribution is -0.141. The molecule has 2 rings (SSSR count). The molecule has 0 aromatic carbocycles. The number of likely N-dealkylation sites (tertiary alicyclic amines) is 1. The smallest absolute Gasteiger partial charge is 0.326 e. The van der Waals surface area contributed by atoms with Crippen molar-refractivity contribution in [3.63, 3.8) is 0 Å². The Labute approximate surface area is 107 Å². The number of hydrogen-bond acceptors (Lipinski definition) is 5. The number of aliphatic hydroxyl groups is 1. The van der Waals surface area contributed by atoms with Crippen LogP contribution in [0.15, 0.2) is 11.4 Å². The molecule has 1 amide bonds. The topological polar surface area (TPSA) is 87.1 Å². The third kappa shape index (κ3) is 2.19. The monoisotopic (exact) mass is 271 g/mol. The molecule has 2 N–H and O–H groups in total. The molecule has 1 aromatic rings. The standard InChI is InChI=1S/C11H13NO5S/c1-17-8-2-3-18-9(8)10(14)12-5-6(13)4-7(12)11(15)16/h2-3,6-7,13H,4-5H2,1H3,(H,15,16)/t6-,7+/m1/s1. The van der Waals surface area contributed by atoms with Crippen LogP contribution in [0.4, 0.5) is 0 Å². The molecule has 7 heteroatoms. The number of aliphatic hydroxyl groups excluding tert-OH is 1. The fourth-order valence-electron chi connectivity index (χ4n) is 2.02. The number of carboxylic acids is 1. The summed E-state index contributed by atoms with van der Waals surface area (Å²) in [5.74, 6) is -1.09. The summed E-state index contributed by atoms with van der Waals surface area (Å²) in [5, 5.41) is 20.3. The fourth-order valence-corrected chi connectivity index (χ4v) is 2.83. The number of amides is 1. The van der Waals surface area contributed by atoms with Crippen molar-refractivity contribution in [3.05, 3.63) is 16.3 Å². The van der Waals surface area contributed by atoms with Gasteiger partial charge in [-0.2, -0.15) is 0 Å². The second-order valence-corrected chi connectivity index (χ2v) is 4.94. The van der Waals surface area contributed by atoms with Crippen molar-refractivity contribution < 1.29 is 24.5 Å². The van der Waals surface area contributed by atoms with E-state index in [-0.39, 0.29) is 13.0 Å². The minimum Gasteiger partial charge on any atom is -0.495 e. The molecule has 1 aliphatic heterocycles. The SMILES string of the molecule is COc1ccsc1C(=O)N1C[C@H](O)C[C@H]1C(=O)O. The number of nitrogens with zero attached hydrogens (tertiary/aromatic N) is 1. The number of carbonyl (C=O) groups is 2. The second kappa shape index (κ2) is 4.95. The van der Waals surface area contributed by atoms with Gasteiger partial charge in [0, 0.05) is 13.0 Å². The predicted molar refractivity (Wildman–Crippen MR) is 64.0 cm³/mol. The molecule has 0 spiro atoms. The van der Waals surface area contributed by atoms with Crippen LogP contribution in [0.1, 0.15) is 16.1 Å². The van der Waals surface area contributed by atoms with Crippen molar-refractivity contribution in [2.24, 2.45) is 0 Å². The summed E-state index contributed by atoms with van der Waals surface area (Å²) in [5.41, 5.74) is 0. The van der Waals surface area contributed by atoms with Crippen LogP contribution in [-0.4, -0.2) is 52.8 Å². The fraction of sp³-hybridized carbons (Fsp3) is 0.455. The van der Waals surface area contributed by atoms with Crippen molar-refractivity contribution in [2.75, 3.05) is 13.7 Å². The van der Waals surface area contributed by atoms with E-state index in [2.05, 4.69) is 0 Å². The highest BCUT2D eigenvalue weighted by Gasteiger charge is 2.40. The van der Waals surface area contributed by atoms with Crippen LogP contribution in [0, 0.1) is 0 Å². The maximum absolute atomic E-state index is 12.2. The summed E-state index contributed by atoms with van der Waals surface area (Å²) < 4.78 is 5.04. The van der Waals surface area contributed by atoms with E-state index >= 15 is 0 Å². The Morgan fingerprint density at radius 2 is 2.28 bits per heavy atom. The first kappa shape index (κ1) is 12.8. The van der Waals surface area contributed by atoms with Crippen molar-refractivity contribution >= 4 is 23.2 Å². The predicted octanol–water partition coefficient (Wildman–Crippen LogP) is 0.417. The third-order valence-corrected chi connectivity index (χ3v) is 3.75. The van der Waals surface area contributed by atoms with Gasteiger partial charge in [0.25, 0.3) is 5.91 Å². The highest BCUT2D eigenvalue weighted by Crippen LogP contribution is 2.29. The van der Waals surface area contributed by atoms with E-state index < -0.39 is 24.0 Å². The molecule has 6 nitrogen and oxygen atoms in total. The first-order chi connectivity index (χ1) is 8.54. The number of thiophene rings is 1. The van der Waals surface area contributed by atoms with Crippen molar-refractivity contribution in [2.45, 2.75) is 18.6 Å². The number of carbonyl (C=O) groups excluding carboxylic acids is 1. The summed E-state index contributed by atoms with van der Waals surface area (Å²) >= 11 is 1.19. The van der Waals surface area contributed by atoms with Crippen LogP contribution in [0.3, 0.4) is 0 Å². The van der Waals surface area contributed by atoms with Crippen molar-refractivity contribution in [1.29, 1.82) is 0 Å². The molecule has 1 saturated heterocycles. The normalized spacial score (nSPS) is 23.1. The number of carboxylic acid groups (broad SMARTS) is 1. The van der Waals surface area contributed by atoms with Crippen LogP contribution in [0.25, 0.3) is 0 Å². The Morgan fingerprint density at radius 3 is 2.89 bits per heavy atom. The first-order valence-electron chi connectivity index (χ1n) is 5.38. The minimum absolute atomic E-state index is 0.0385. The zero-order chi connectivity index (χ0) is 13.3. The largest absolute Gasteiger partial charge is 0.495 e. The number of ether oxygens (including phenoxy) is 1. The van der Waals surface area contributed by atoms with Gasteiger partial charge in [-0.25, -0.2) is 4.79 Å². The Kier molecular flexibility index (Phi) is 3.53. The number of aliphatic carboxylic acids is 1. The Hall–Kier alpha value is -1.60. The lowest BCUT2D eigenvalue weighted by Gasteiger charge is -2.20. The van der Waals surface area contributed by atoms with Gasteiger partial charge in [-0.15, -0.1) is 11.3 Å². The highest BCUT2D eigenvalue weighted by molar-refractivity contribution is 7.12. The van der Waals surface area contributed by atoms with Crippen LogP contribution < -0.4 is 4.74 Å². The summed E-state index contributed by atoms with van der Waals surface area (Å²) in [6.45, 7) is 0.0385. The van der Waals surface area contributed by atoms with Gasteiger partial charge in [0.05, 0.1) is 13.2 Å². The molecule has 0 radical (unpaired) electrons. The Bertz CT molecular complexity index is 472. The molecule has 1 fully saturated rings. The molecule has 98 valence electrons. The van der Waals surface area contributed by atoms with E-state index in [1.54, 1.807) is 11.4 Å². The average molecular weight is 271 g/mol. The zero-order valence-electron chi connectivity index (χ0n) is 9.70. The number of rotatable bonds is 3. The first-order valence-corrected chi connectivity index (χ1v) is 6.26. The molecule has 0 unspecified atom stereocenters.